The van der Waals surface area contributed by atoms with Crippen molar-refractivity contribution >= 4 is 11.8 Å². The van der Waals surface area contributed by atoms with Crippen molar-refractivity contribution in [3.05, 3.63) is 0 Å². The van der Waals surface area contributed by atoms with Gasteiger partial charge in [-0.15, -0.1) is 0 Å². The number of aliphatic hydroxyl groups excluding tert-OH is 1. The minimum absolute atomic E-state index is 0.214. The van der Waals surface area contributed by atoms with E-state index >= 15 is 0 Å². The molecule has 0 aromatic carbocycles. The molecule has 4 rings (SSSR count). The number of hydrogen-bond donors (Lipinski definition) is 2. The number of carbonyl (C=O) groups excluding carboxylic acids is 1. The molecule has 4 fully saturated rings. The smallest absolute Gasteiger partial charge is 0.303 e. The molecule has 0 aliphatic heterocycles. The van der Waals surface area contributed by atoms with Gasteiger partial charge in [0.1, 0.15) is 5.78 Å². The van der Waals surface area contributed by atoms with Crippen LogP contribution in [-0.4, -0.2) is 28.1 Å². The molecule has 0 aromatic rings. The van der Waals surface area contributed by atoms with Gasteiger partial charge in [-0.25, -0.2) is 0 Å². The van der Waals surface area contributed by atoms with Crippen LogP contribution in [0.3, 0.4) is 0 Å². The minimum atomic E-state index is -0.693. The van der Waals surface area contributed by atoms with Gasteiger partial charge in [-0.2, -0.15) is 0 Å². The van der Waals surface area contributed by atoms with Gasteiger partial charge in [-0.05, 0) is 98.2 Å². The fraction of sp³-hybridized carbons (Fsp3) is 0.920. The van der Waals surface area contributed by atoms with Crippen molar-refractivity contribution in [1.82, 2.24) is 0 Å². The topological polar surface area (TPSA) is 74.6 Å². The molecule has 4 aliphatic carbocycles. The molecule has 0 radical (unpaired) electrons. The number of aliphatic hydroxyl groups is 1. The van der Waals surface area contributed by atoms with Crippen molar-refractivity contribution in [2.24, 2.45) is 46.3 Å². The summed E-state index contributed by atoms with van der Waals surface area (Å²) < 4.78 is 0. The molecule has 4 aliphatic rings. The van der Waals surface area contributed by atoms with Crippen LogP contribution in [0.15, 0.2) is 0 Å². The Labute approximate surface area is 175 Å². The number of carboxylic acids is 1. The van der Waals surface area contributed by atoms with Gasteiger partial charge in [0.05, 0.1) is 6.10 Å². The third-order valence-electron chi connectivity index (χ3n) is 10.3. The molecular weight excluding hydrogens is 364 g/mol. The fourth-order valence-corrected chi connectivity index (χ4v) is 8.66. The molecule has 0 saturated heterocycles. The van der Waals surface area contributed by atoms with E-state index in [2.05, 4.69) is 20.8 Å². The van der Waals surface area contributed by atoms with E-state index in [1.807, 2.05) is 0 Å². The van der Waals surface area contributed by atoms with Crippen molar-refractivity contribution in [2.75, 3.05) is 0 Å². The zero-order valence-corrected chi connectivity index (χ0v) is 18.5. The summed E-state index contributed by atoms with van der Waals surface area (Å²) in [5.41, 5.74) is 0.459. The van der Waals surface area contributed by atoms with Crippen molar-refractivity contribution in [3.8, 4) is 0 Å². The number of carboxylic acid groups (broad SMARTS) is 1. The summed E-state index contributed by atoms with van der Waals surface area (Å²) in [7, 11) is 0. The van der Waals surface area contributed by atoms with E-state index in [-0.39, 0.29) is 29.3 Å². The number of aliphatic carboxylic acids is 1. The molecule has 9 atom stereocenters. The van der Waals surface area contributed by atoms with Crippen LogP contribution in [0.25, 0.3) is 0 Å². The van der Waals surface area contributed by atoms with Gasteiger partial charge in [0.15, 0.2) is 0 Å². The number of ketones is 1. The highest BCUT2D eigenvalue weighted by molar-refractivity contribution is 5.83. The van der Waals surface area contributed by atoms with E-state index in [1.165, 1.54) is 19.3 Å². The number of carbonyl (C=O) groups is 2. The summed E-state index contributed by atoms with van der Waals surface area (Å²) in [5, 5.41) is 19.2. The Morgan fingerprint density at radius 3 is 2.52 bits per heavy atom. The van der Waals surface area contributed by atoms with E-state index < -0.39 is 5.97 Å². The van der Waals surface area contributed by atoms with E-state index in [9.17, 15) is 14.7 Å². The molecular formula is C25H40O4. The summed E-state index contributed by atoms with van der Waals surface area (Å²) in [6, 6.07) is 0. The lowest BCUT2D eigenvalue weighted by molar-refractivity contribution is -0.160. The molecule has 0 bridgehead atoms. The Hall–Kier alpha value is -0.900. The van der Waals surface area contributed by atoms with Crippen LogP contribution in [0, 0.1) is 46.3 Å². The van der Waals surface area contributed by atoms with Crippen LogP contribution < -0.4 is 0 Å². The lowest BCUT2D eigenvalue weighted by Crippen LogP contribution is -2.57. The lowest BCUT2D eigenvalue weighted by Gasteiger charge is -2.60. The second-order valence-electron chi connectivity index (χ2n) is 11.5. The number of Topliss-reactive ketones (excluding diaryl/α,β-unsaturated/α-hetero) is 1. The molecule has 0 amide bonds. The largest absolute Gasteiger partial charge is 0.481 e. The third-order valence-corrected chi connectivity index (χ3v) is 10.3. The Bertz CT molecular complexity index is 659. The maximum absolute atomic E-state index is 13.4. The molecule has 0 aromatic heterocycles. The second-order valence-corrected chi connectivity index (χ2v) is 11.5. The predicted molar refractivity (Wildman–Crippen MR) is 112 cm³/mol. The van der Waals surface area contributed by atoms with Crippen molar-refractivity contribution in [3.63, 3.8) is 0 Å². The Morgan fingerprint density at radius 1 is 1.10 bits per heavy atom. The van der Waals surface area contributed by atoms with Crippen molar-refractivity contribution < 1.29 is 19.8 Å². The maximum atomic E-state index is 13.4. The standard InChI is InChI=1S/C25H40O4/c1-15(5-4-6-22(28)29)18-7-8-19-23-20(10-12-25(18,19)3)24(2)11-9-17(26)13-16(24)14-21(23)27/h15-20,23,26H,4-14H2,1-3H3,(H,28,29)/t15-,16+,17-,18-,19+,20+,23+,24+,25-/m1/s1. The van der Waals surface area contributed by atoms with Gasteiger partial charge < -0.3 is 10.2 Å². The van der Waals surface area contributed by atoms with Gasteiger partial charge in [0.2, 0.25) is 0 Å². The number of rotatable bonds is 5. The van der Waals surface area contributed by atoms with E-state index in [1.54, 1.807) is 0 Å². The SMILES string of the molecule is C[C@H](CCCC(=O)O)[C@H]1CC[C@H]2[C@@H]3C(=O)C[C@@H]4C[C@H](O)CC[C@]4(C)[C@H]3CC[C@]12C. The first-order chi connectivity index (χ1) is 13.7. The lowest BCUT2D eigenvalue weighted by atomic mass is 9.44. The monoisotopic (exact) mass is 404 g/mol. The zero-order chi connectivity index (χ0) is 21.0. The molecule has 4 saturated carbocycles. The summed E-state index contributed by atoms with van der Waals surface area (Å²) in [5.74, 6) is 2.55. The molecule has 4 nitrogen and oxygen atoms in total. The molecule has 29 heavy (non-hydrogen) atoms. The fourth-order valence-electron chi connectivity index (χ4n) is 8.66. The van der Waals surface area contributed by atoms with E-state index in [0.29, 0.717) is 41.8 Å². The molecule has 2 N–H and O–H groups in total. The summed E-state index contributed by atoms with van der Waals surface area (Å²) in [6.07, 6.45) is 10.0. The van der Waals surface area contributed by atoms with Gasteiger partial charge in [-0.3, -0.25) is 9.59 Å². The highest BCUT2D eigenvalue weighted by atomic mass is 16.4. The number of hydrogen-bond acceptors (Lipinski definition) is 3. The van der Waals surface area contributed by atoms with Gasteiger partial charge >= 0.3 is 5.97 Å². The first-order valence-corrected chi connectivity index (χ1v) is 12.1. The van der Waals surface area contributed by atoms with Gasteiger partial charge in [0.25, 0.3) is 0 Å². The van der Waals surface area contributed by atoms with Crippen molar-refractivity contribution in [1.29, 1.82) is 0 Å². The van der Waals surface area contributed by atoms with Gasteiger partial charge in [-0.1, -0.05) is 20.8 Å². The zero-order valence-electron chi connectivity index (χ0n) is 18.5. The van der Waals surface area contributed by atoms with Crippen LogP contribution in [0.5, 0.6) is 0 Å². The van der Waals surface area contributed by atoms with Crippen LogP contribution in [0.1, 0.15) is 91.4 Å². The summed E-state index contributed by atoms with van der Waals surface area (Å²) in [6.45, 7) is 7.19. The first-order valence-electron chi connectivity index (χ1n) is 12.1. The average Bonchev–Trinajstić information content (AvgIpc) is 3.00. The van der Waals surface area contributed by atoms with E-state index in [0.717, 1.165) is 38.5 Å². The maximum Gasteiger partial charge on any atom is 0.303 e. The quantitative estimate of drug-likeness (QED) is 0.670. The Balaban J connectivity index is 1.52. The summed E-state index contributed by atoms with van der Waals surface area (Å²) >= 11 is 0. The minimum Gasteiger partial charge on any atom is -0.481 e. The van der Waals surface area contributed by atoms with E-state index in [4.69, 9.17) is 5.11 Å². The molecule has 164 valence electrons. The van der Waals surface area contributed by atoms with Crippen molar-refractivity contribution in [2.45, 2.75) is 97.5 Å². The van der Waals surface area contributed by atoms with Gasteiger partial charge in [0, 0.05) is 18.8 Å². The first kappa shape index (κ1) is 21.3. The Morgan fingerprint density at radius 2 is 1.79 bits per heavy atom. The third kappa shape index (κ3) is 3.47. The van der Waals surface area contributed by atoms with Crippen LogP contribution in [0.2, 0.25) is 0 Å². The molecule has 4 heteroatoms. The van der Waals surface area contributed by atoms with Crippen LogP contribution >= 0.6 is 0 Å². The highest BCUT2D eigenvalue weighted by Gasteiger charge is 2.62. The predicted octanol–water partition coefficient (Wildman–Crippen LogP) is 5.08. The molecule has 0 spiro atoms. The molecule has 0 heterocycles. The van der Waals surface area contributed by atoms with Crippen LogP contribution in [-0.2, 0) is 9.59 Å². The number of fused-ring (bicyclic) bond motifs is 5. The normalized spacial score (nSPS) is 47.8. The Kier molecular flexibility index (Phi) is 5.63. The van der Waals surface area contributed by atoms with Crippen LogP contribution in [0.4, 0.5) is 0 Å². The second kappa shape index (κ2) is 7.66. The summed E-state index contributed by atoms with van der Waals surface area (Å²) in [4.78, 5) is 24.3. The highest BCUT2D eigenvalue weighted by Crippen LogP contribution is 2.67. The average molecular weight is 405 g/mol. The molecule has 0 unspecified atom stereocenters.